The molecule has 1 fully saturated rings. The van der Waals surface area contributed by atoms with Crippen LogP contribution in [-0.4, -0.2) is 29.3 Å². The molecule has 1 amide bonds. The first-order valence-electron chi connectivity index (χ1n) is 4.50. The fourth-order valence-electron chi connectivity index (χ4n) is 1.74. The van der Waals surface area contributed by atoms with Gasteiger partial charge in [0.25, 0.3) is 0 Å². The van der Waals surface area contributed by atoms with E-state index in [1.54, 1.807) is 11.8 Å². The highest BCUT2D eigenvalue weighted by molar-refractivity contribution is 6.21. The number of amides is 1. The summed E-state index contributed by atoms with van der Waals surface area (Å²) in [5.74, 6) is 0.118. The third kappa shape index (κ3) is 2.13. The van der Waals surface area contributed by atoms with Gasteiger partial charge in [0.05, 0.1) is 5.38 Å². The highest BCUT2D eigenvalue weighted by atomic mass is 35.5. The van der Waals surface area contributed by atoms with E-state index in [2.05, 4.69) is 0 Å². The Morgan fingerprint density at radius 2 is 2.00 bits per heavy atom. The van der Waals surface area contributed by atoms with E-state index >= 15 is 0 Å². The summed E-state index contributed by atoms with van der Waals surface area (Å²) in [5, 5.41) is 0.160. The standard InChI is InChI=1S/C9H16ClNO/c1-7(12)11(2)9-6-4-3-5-8(9)10/h8-9H,3-6H2,1-2H3. The van der Waals surface area contributed by atoms with E-state index in [1.807, 2.05) is 7.05 Å². The number of halogens is 1. The summed E-state index contributed by atoms with van der Waals surface area (Å²) in [5.41, 5.74) is 0. The van der Waals surface area contributed by atoms with Crippen LogP contribution in [-0.2, 0) is 4.79 Å². The number of alkyl halides is 1. The summed E-state index contributed by atoms with van der Waals surface area (Å²) in [4.78, 5) is 12.8. The zero-order valence-electron chi connectivity index (χ0n) is 7.72. The minimum Gasteiger partial charge on any atom is -0.342 e. The Balaban J connectivity index is 2.53. The molecule has 0 aliphatic heterocycles. The van der Waals surface area contributed by atoms with Gasteiger partial charge in [-0.15, -0.1) is 11.6 Å². The van der Waals surface area contributed by atoms with Gasteiger partial charge in [-0.2, -0.15) is 0 Å². The van der Waals surface area contributed by atoms with Gasteiger partial charge in [-0.3, -0.25) is 4.79 Å². The lowest BCUT2D eigenvalue weighted by molar-refractivity contribution is -0.130. The minimum absolute atomic E-state index is 0.118. The quantitative estimate of drug-likeness (QED) is 0.578. The van der Waals surface area contributed by atoms with E-state index in [0.717, 1.165) is 12.8 Å². The number of nitrogens with zero attached hydrogens (tertiary/aromatic N) is 1. The van der Waals surface area contributed by atoms with E-state index in [4.69, 9.17) is 11.6 Å². The first-order valence-corrected chi connectivity index (χ1v) is 4.94. The van der Waals surface area contributed by atoms with Crippen molar-refractivity contribution in [3.8, 4) is 0 Å². The monoisotopic (exact) mass is 189 g/mol. The summed E-state index contributed by atoms with van der Waals surface area (Å²) in [6.07, 6.45) is 4.51. The Labute approximate surface area is 78.9 Å². The maximum absolute atomic E-state index is 11.1. The summed E-state index contributed by atoms with van der Waals surface area (Å²) in [6, 6.07) is 0.262. The molecule has 0 N–H and O–H groups in total. The Morgan fingerprint density at radius 1 is 1.42 bits per heavy atom. The molecule has 1 rings (SSSR count). The molecule has 1 saturated carbocycles. The molecular weight excluding hydrogens is 174 g/mol. The van der Waals surface area contributed by atoms with Crippen LogP contribution in [0, 0.1) is 0 Å². The fraction of sp³-hybridized carbons (Fsp3) is 0.889. The first kappa shape index (κ1) is 9.85. The van der Waals surface area contributed by atoms with Crippen molar-refractivity contribution in [1.29, 1.82) is 0 Å². The molecule has 2 nitrogen and oxygen atoms in total. The van der Waals surface area contributed by atoms with E-state index in [0.29, 0.717) is 0 Å². The maximum Gasteiger partial charge on any atom is 0.219 e. The number of rotatable bonds is 1. The zero-order valence-corrected chi connectivity index (χ0v) is 8.47. The normalized spacial score (nSPS) is 29.9. The summed E-state index contributed by atoms with van der Waals surface area (Å²) < 4.78 is 0. The SMILES string of the molecule is CC(=O)N(C)C1CCCCC1Cl. The molecule has 0 spiro atoms. The Morgan fingerprint density at radius 3 is 2.50 bits per heavy atom. The van der Waals surface area contributed by atoms with Gasteiger partial charge in [0.2, 0.25) is 5.91 Å². The van der Waals surface area contributed by atoms with Crippen molar-refractivity contribution in [2.75, 3.05) is 7.05 Å². The van der Waals surface area contributed by atoms with Crippen LogP contribution in [0.5, 0.6) is 0 Å². The van der Waals surface area contributed by atoms with Crippen LogP contribution in [0.15, 0.2) is 0 Å². The van der Waals surface area contributed by atoms with Gasteiger partial charge < -0.3 is 4.90 Å². The first-order chi connectivity index (χ1) is 5.63. The topological polar surface area (TPSA) is 20.3 Å². The number of carbonyl (C=O) groups is 1. The lowest BCUT2D eigenvalue weighted by Crippen LogP contribution is -2.43. The number of hydrogen-bond acceptors (Lipinski definition) is 1. The number of hydrogen-bond donors (Lipinski definition) is 0. The molecule has 0 radical (unpaired) electrons. The second-order valence-electron chi connectivity index (χ2n) is 3.50. The van der Waals surface area contributed by atoms with Crippen molar-refractivity contribution in [3.05, 3.63) is 0 Å². The molecule has 0 saturated heterocycles. The van der Waals surface area contributed by atoms with Crippen molar-refractivity contribution in [1.82, 2.24) is 4.90 Å². The molecule has 2 atom stereocenters. The predicted octanol–water partition coefficient (Wildman–Crippen LogP) is 2.01. The van der Waals surface area contributed by atoms with E-state index < -0.39 is 0 Å². The van der Waals surface area contributed by atoms with Gasteiger partial charge >= 0.3 is 0 Å². The van der Waals surface area contributed by atoms with Gasteiger partial charge in [-0.05, 0) is 12.8 Å². The van der Waals surface area contributed by atoms with Crippen LogP contribution in [0.1, 0.15) is 32.6 Å². The third-order valence-electron chi connectivity index (χ3n) is 2.64. The fourth-order valence-corrected chi connectivity index (χ4v) is 2.19. The molecule has 0 bridgehead atoms. The maximum atomic E-state index is 11.1. The highest BCUT2D eigenvalue weighted by Gasteiger charge is 2.27. The van der Waals surface area contributed by atoms with Crippen LogP contribution in [0.4, 0.5) is 0 Å². The molecule has 1 aliphatic rings. The van der Waals surface area contributed by atoms with Crippen molar-refractivity contribution in [3.63, 3.8) is 0 Å². The Bertz CT molecular complexity index is 172. The average molecular weight is 190 g/mol. The summed E-state index contributed by atoms with van der Waals surface area (Å²) in [6.45, 7) is 1.60. The van der Waals surface area contributed by atoms with Crippen molar-refractivity contribution in [2.45, 2.75) is 44.0 Å². The molecule has 2 unspecified atom stereocenters. The summed E-state index contributed by atoms with van der Waals surface area (Å²) in [7, 11) is 1.84. The van der Waals surface area contributed by atoms with Gasteiger partial charge in [0, 0.05) is 20.0 Å². The van der Waals surface area contributed by atoms with E-state index in [-0.39, 0.29) is 17.3 Å². The van der Waals surface area contributed by atoms with Crippen LogP contribution in [0.25, 0.3) is 0 Å². The van der Waals surface area contributed by atoms with Crippen molar-refractivity contribution >= 4 is 17.5 Å². The molecule has 12 heavy (non-hydrogen) atoms. The number of carbonyl (C=O) groups excluding carboxylic acids is 1. The molecule has 3 heteroatoms. The summed E-state index contributed by atoms with van der Waals surface area (Å²) >= 11 is 6.13. The zero-order chi connectivity index (χ0) is 9.14. The molecular formula is C9H16ClNO. The van der Waals surface area contributed by atoms with Crippen molar-refractivity contribution < 1.29 is 4.79 Å². The van der Waals surface area contributed by atoms with Gasteiger partial charge in [-0.1, -0.05) is 12.8 Å². The van der Waals surface area contributed by atoms with E-state index in [1.165, 1.54) is 12.8 Å². The molecule has 70 valence electrons. The molecule has 0 aromatic rings. The van der Waals surface area contributed by atoms with Crippen LogP contribution in [0.3, 0.4) is 0 Å². The van der Waals surface area contributed by atoms with Gasteiger partial charge in [0.1, 0.15) is 0 Å². The minimum atomic E-state index is 0.118. The molecule has 1 aliphatic carbocycles. The second kappa shape index (κ2) is 4.13. The largest absolute Gasteiger partial charge is 0.342 e. The molecule has 0 aromatic carbocycles. The predicted molar refractivity (Wildman–Crippen MR) is 50.3 cm³/mol. The third-order valence-corrected chi connectivity index (χ3v) is 3.15. The van der Waals surface area contributed by atoms with Crippen molar-refractivity contribution in [2.24, 2.45) is 0 Å². The smallest absolute Gasteiger partial charge is 0.219 e. The molecule has 0 aromatic heterocycles. The van der Waals surface area contributed by atoms with E-state index in [9.17, 15) is 4.79 Å². The molecule has 0 heterocycles. The average Bonchev–Trinajstić information content (AvgIpc) is 2.04. The Kier molecular flexibility index (Phi) is 3.39. The van der Waals surface area contributed by atoms with Crippen LogP contribution in [0.2, 0.25) is 0 Å². The lowest BCUT2D eigenvalue weighted by Gasteiger charge is -2.34. The van der Waals surface area contributed by atoms with Gasteiger partial charge in [-0.25, -0.2) is 0 Å². The Hall–Kier alpha value is -0.240. The van der Waals surface area contributed by atoms with Crippen LogP contribution < -0.4 is 0 Å². The van der Waals surface area contributed by atoms with Crippen LogP contribution >= 0.6 is 11.6 Å². The second-order valence-corrected chi connectivity index (χ2v) is 4.06. The van der Waals surface area contributed by atoms with Gasteiger partial charge in [0.15, 0.2) is 0 Å². The lowest BCUT2D eigenvalue weighted by atomic mass is 9.94. The highest BCUT2D eigenvalue weighted by Crippen LogP contribution is 2.26.